The van der Waals surface area contributed by atoms with Crippen LogP contribution in [0.2, 0.25) is 0 Å². The van der Waals surface area contributed by atoms with E-state index in [0.717, 1.165) is 28.6 Å². The second kappa shape index (κ2) is 7.66. The molecule has 2 aromatic rings. The average Bonchev–Trinajstić information content (AvgIpc) is 2.48. The summed E-state index contributed by atoms with van der Waals surface area (Å²) in [5.74, 6) is -0.499. The standard InChI is InChI=1S/C17H18BrF2N/c1-2-9-21-17(12-3-5-14(19)6-4-12)11-13-10-15(20)7-8-16(13)18/h3-8,10,17,21H,2,9,11H2,1H3. The van der Waals surface area contributed by atoms with Gasteiger partial charge in [0.1, 0.15) is 11.6 Å². The van der Waals surface area contributed by atoms with E-state index in [4.69, 9.17) is 0 Å². The molecule has 1 atom stereocenters. The van der Waals surface area contributed by atoms with Crippen molar-refractivity contribution < 1.29 is 8.78 Å². The summed E-state index contributed by atoms with van der Waals surface area (Å²) in [7, 11) is 0. The maximum atomic E-state index is 13.4. The van der Waals surface area contributed by atoms with Crippen molar-refractivity contribution in [3.8, 4) is 0 Å². The van der Waals surface area contributed by atoms with E-state index in [1.165, 1.54) is 24.3 Å². The minimum atomic E-state index is -0.250. The Morgan fingerprint density at radius 3 is 2.38 bits per heavy atom. The normalized spacial score (nSPS) is 12.4. The fourth-order valence-electron chi connectivity index (χ4n) is 2.24. The topological polar surface area (TPSA) is 12.0 Å². The quantitative estimate of drug-likeness (QED) is 0.769. The number of benzene rings is 2. The third kappa shape index (κ3) is 4.61. The van der Waals surface area contributed by atoms with Gasteiger partial charge in [-0.2, -0.15) is 0 Å². The number of hydrogen-bond acceptors (Lipinski definition) is 1. The lowest BCUT2D eigenvalue weighted by Gasteiger charge is -2.20. The minimum Gasteiger partial charge on any atom is -0.310 e. The first kappa shape index (κ1) is 16.1. The molecule has 0 aliphatic heterocycles. The van der Waals surface area contributed by atoms with Crippen molar-refractivity contribution in [1.82, 2.24) is 5.32 Å². The average molecular weight is 354 g/mol. The van der Waals surface area contributed by atoms with Crippen molar-refractivity contribution in [1.29, 1.82) is 0 Å². The van der Waals surface area contributed by atoms with E-state index >= 15 is 0 Å². The smallest absolute Gasteiger partial charge is 0.123 e. The molecule has 4 heteroatoms. The second-order valence-electron chi connectivity index (χ2n) is 5.00. The van der Waals surface area contributed by atoms with Crippen LogP contribution in [0.25, 0.3) is 0 Å². The van der Waals surface area contributed by atoms with Gasteiger partial charge < -0.3 is 5.32 Å². The van der Waals surface area contributed by atoms with Crippen molar-refractivity contribution in [3.05, 3.63) is 69.7 Å². The molecule has 2 aromatic carbocycles. The van der Waals surface area contributed by atoms with Gasteiger partial charge >= 0.3 is 0 Å². The Kier molecular flexibility index (Phi) is 5.88. The molecule has 1 unspecified atom stereocenters. The van der Waals surface area contributed by atoms with Gasteiger partial charge in [-0.25, -0.2) is 8.78 Å². The molecule has 0 bridgehead atoms. The van der Waals surface area contributed by atoms with Crippen LogP contribution in [0, 0.1) is 11.6 Å². The SMILES string of the molecule is CCCNC(Cc1cc(F)ccc1Br)c1ccc(F)cc1. The maximum absolute atomic E-state index is 13.4. The molecule has 0 amide bonds. The summed E-state index contributed by atoms with van der Waals surface area (Å²) >= 11 is 3.46. The Morgan fingerprint density at radius 2 is 1.71 bits per heavy atom. The number of nitrogens with one attached hydrogen (secondary N) is 1. The summed E-state index contributed by atoms with van der Waals surface area (Å²) in [6.07, 6.45) is 1.64. The lowest BCUT2D eigenvalue weighted by atomic mass is 9.98. The zero-order valence-electron chi connectivity index (χ0n) is 11.9. The number of halogens is 3. The maximum Gasteiger partial charge on any atom is 0.123 e. The summed E-state index contributed by atoms with van der Waals surface area (Å²) < 4.78 is 27.4. The fourth-order valence-corrected chi connectivity index (χ4v) is 2.65. The van der Waals surface area contributed by atoms with Crippen LogP contribution in [0.5, 0.6) is 0 Å². The summed E-state index contributed by atoms with van der Waals surface area (Å²) in [6, 6.07) is 11.2. The summed E-state index contributed by atoms with van der Waals surface area (Å²) in [5, 5.41) is 3.43. The van der Waals surface area contributed by atoms with Gasteiger partial charge in [0.15, 0.2) is 0 Å². The molecular weight excluding hydrogens is 336 g/mol. The molecule has 0 radical (unpaired) electrons. The van der Waals surface area contributed by atoms with Gasteiger partial charge in [0, 0.05) is 10.5 Å². The fraction of sp³-hybridized carbons (Fsp3) is 0.294. The molecule has 0 aliphatic rings. The lowest BCUT2D eigenvalue weighted by Crippen LogP contribution is -2.24. The third-order valence-electron chi connectivity index (χ3n) is 3.34. The Hall–Kier alpha value is -1.26. The van der Waals surface area contributed by atoms with Crippen molar-refractivity contribution in [3.63, 3.8) is 0 Å². The number of rotatable bonds is 6. The van der Waals surface area contributed by atoms with Crippen LogP contribution in [0.4, 0.5) is 8.78 Å². The number of hydrogen-bond donors (Lipinski definition) is 1. The van der Waals surface area contributed by atoms with Crippen molar-refractivity contribution in [2.45, 2.75) is 25.8 Å². The predicted molar refractivity (Wildman–Crippen MR) is 85.2 cm³/mol. The van der Waals surface area contributed by atoms with Crippen LogP contribution in [0.15, 0.2) is 46.9 Å². The van der Waals surface area contributed by atoms with Gasteiger partial charge in [-0.05, 0) is 60.8 Å². The molecule has 0 aromatic heterocycles. The first-order valence-electron chi connectivity index (χ1n) is 7.03. The zero-order chi connectivity index (χ0) is 15.2. The van der Waals surface area contributed by atoms with E-state index in [0.29, 0.717) is 6.42 Å². The van der Waals surface area contributed by atoms with Crippen LogP contribution in [-0.4, -0.2) is 6.54 Å². The molecular formula is C17H18BrF2N. The van der Waals surface area contributed by atoms with E-state index in [1.54, 1.807) is 18.2 Å². The van der Waals surface area contributed by atoms with E-state index in [-0.39, 0.29) is 17.7 Å². The van der Waals surface area contributed by atoms with Gasteiger partial charge in [-0.15, -0.1) is 0 Å². The first-order valence-corrected chi connectivity index (χ1v) is 7.82. The second-order valence-corrected chi connectivity index (χ2v) is 5.85. The molecule has 0 saturated carbocycles. The highest BCUT2D eigenvalue weighted by atomic mass is 79.9. The third-order valence-corrected chi connectivity index (χ3v) is 4.12. The zero-order valence-corrected chi connectivity index (χ0v) is 13.5. The molecule has 0 spiro atoms. The first-order chi connectivity index (χ1) is 10.1. The van der Waals surface area contributed by atoms with Crippen LogP contribution < -0.4 is 5.32 Å². The predicted octanol–water partition coefficient (Wildman–Crippen LogP) is 5.01. The summed E-state index contributed by atoms with van der Waals surface area (Å²) in [6.45, 7) is 2.95. The highest BCUT2D eigenvalue weighted by molar-refractivity contribution is 9.10. The van der Waals surface area contributed by atoms with Crippen molar-refractivity contribution >= 4 is 15.9 Å². The van der Waals surface area contributed by atoms with Crippen LogP contribution >= 0.6 is 15.9 Å². The molecule has 0 saturated heterocycles. The molecule has 2 rings (SSSR count). The molecule has 0 aliphatic carbocycles. The van der Waals surface area contributed by atoms with Crippen molar-refractivity contribution in [2.75, 3.05) is 6.54 Å². The van der Waals surface area contributed by atoms with Gasteiger partial charge in [0.25, 0.3) is 0 Å². The molecule has 112 valence electrons. The highest BCUT2D eigenvalue weighted by Gasteiger charge is 2.14. The van der Waals surface area contributed by atoms with Crippen molar-refractivity contribution in [2.24, 2.45) is 0 Å². The summed E-state index contributed by atoms with van der Waals surface area (Å²) in [5.41, 5.74) is 1.90. The van der Waals surface area contributed by atoms with Gasteiger partial charge in [-0.3, -0.25) is 0 Å². The summed E-state index contributed by atoms with van der Waals surface area (Å²) in [4.78, 5) is 0. The molecule has 0 heterocycles. The van der Waals surface area contributed by atoms with E-state index in [2.05, 4.69) is 28.2 Å². The van der Waals surface area contributed by atoms with E-state index < -0.39 is 0 Å². The largest absolute Gasteiger partial charge is 0.310 e. The molecule has 1 nitrogen and oxygen atoms in total. The highest BCUT2D eigenvalue weighted by Crippen LogP contribution is 2.25. The van der Waals surface area contributed by atoms with E-state index in [9.17, 15) is 8.78 Å². The van der Waals surface area contributed by atoms with Crippen LogP contribution in [0.3, 0.4) is 0 Å². The Morgan fingerprint density at radius 1 is 1.05 bits per heavy atom. The molecule has 21 heavy (non-hydrogen) atoms. The van der Waals surface area contributed by atoms with Gasteiger partial charge in [0.05, 0.1) is 0 Å². The van der Waals surface area contributed by atoms with Gasteiger partial charge in [0.2, 0.25) is 0 Å². The Balaban J connectivity index is 2.23. The minimum absolute atomic E-state index is 0.0312. The molecule has 0 fully saturated rings. The van der Waals surface area contributed by atoms with E-state index in [1.807, 2.05) is 0 Å². The Bertz CT molecular complexity index is 584. The van der Waals surface area contributed by atoms with Crippen LogP contribution in [0.1, 0.15) is 30.5 Å². The Labute approximate surface area is 132 Å². The van der Waals surface area contributed by atoms with Crippen LogP contribution in [-0.2, 0) is 6.42 Å². The molecule has 1 N–H and O–H groups in total. The lowest BCUT2D eigenvalue weighted by molar-refractivity contribution is 0.525. The monoisotopic (exact) mass is 353 g/mol. The van der Waals surface area contributed by atoms with Gasteiger partial charge in [-0.1, -0.05) is 35.0 Å².